The number of benzene rings is 1. The largest absolute Gasteiger partial charge is 0.296 e. The first-order valence-electron chi connectivity index (χ1n) is 6.27. The van der Waals surface area contributed by atoms with Crippen molar-refractivity contribution in [2.24, 2.45) is 0 Å². The molecule has 3 rings (SSSR count). The van der Waals surface area contributed by atoms with Gasteiger partial charge in [0.25, 0.3) is 5.91 Å². The molecule has 0 aliphatic carbocycles. The van der Waals surface area contributed by atoms with E-state index >= 15 is 0 Å². The third kappa shape index (κ3) is 2.80. The van der Waals surface area contributed by atoms with Crippen molar-refractivity contribution in [2.45, 2.75) is 6.92 Å². The molecule has 1 aromatic carbocycles. The average molecular weight is 297 g/mol. The third-order valence-electron chi connectivity index (χ3n) is 2.90. The number of hydrogen-bond donors (Lipinski definition) is 1. The smallest absolute Gasteiger partial charge is 0.276 e. The number of ketones is 1. The van der Waals surface area contributed by atoms with Crippen molar-refractivity contribution in [1.29, 1.82) is 0 Å². The molecule has 0 aliphatic heterocycles. The highest BCUT2D eigenvalue weighted by Crippen LogP contribution is 2.19. The Morgan fingerprint density at radius 1 is 1.14 bits per heavy atom. The second-order valence-electron chi connectivity index (χ2n) is 4.43. The van der Waals surface area contributed by atoms with Gasteiger partial charge in [-0.2, -0.15) is 0 Å². The van der Waals surface area contributed by atoms with Crippen molar-refractivity contribution < 1.29 is 9.59 Å². The maximum absolute atomic E-state index is 12.1. The second-order valence-corrected chi connectivity index (χ2v) is 5.46. The van der Waals surface area contributed by atoms with Crippen LogP contribution in [0.15, 0.2) is 42.6 Å². The topological polar surface area (TPSA) is 72.0 Å². The molecule has 0 unspecified atom stereocenters. The quantitative estimate of drug-likeness (QED) is 0.754. The summed E-state index contributed by atoms with van der Waals surface area (Å²) in [5.41, 5.74) is 1.07. The van der Waals surface area contributed by atoms with E-state index in [-0.39, 0.29) is 11.7 Å². The standard InChI is InChI=1S/C15H11N3O2S/c1-9(19)13-8-16-15(21-13)18-14(20)12-7-6-10-4-2-3-5-11(10)17-12/h2-8H,1H3,(H,16,18,20). The number of nitrogens with one attached hydrogen (secondary N) is 1. The van der Waals surface area contributed by atoms with Crippen LogP contribution in [0, 0.1) is 0 Å². The van der Waals surface area contributed by atoms with E-state index < -0.39 is 0 Å². The molecule has 0 saturated carbocycles. The number of anilines is 1. The van der Waals surface area contributed by atoms with Crippen LogP contribution < -0.4 is 5.32 Å². The van der Waals surface area contributed by atoms with Crippen molar-refractivity contribution >= 4 is 39.1 Å². The van der Waals surface area contributed by atoms with Crippen LogP contribution in [-0.4, -0.2) is 21.7 Å². The summed E-state index contributed by atoms with van der Waals surface area (Å²) in [4.78, 5) is 32.2. The van der Waals surface area contributed by atoms with Gasteiger partial charge in [-0.15, -0.1) is 0 Å². The maximum Gasteiger partial charge on any atom is 0.276 e. The molecule has 5 nitrogen and oxygen atoms in total. The fourth-order valence-corrected chi connectivity index (χ4v) is 2.55. The fourth-order valence-electron chi connectivity index (χ4n) is 1.85. The van der Waals surface area contributed by atoms with Crippen LogP contribution in [0.2, 0.25) is 0 Å². The lowest BCUT2D eigenvalue weighted by Gasteiger charge is -2.02. The molecule has 0 bridgehead atoms. The van der Waals surface area contributed by atoms with Gasteiger partial charge in [0.15, 0.2) is 10.9 Å². The van der Waals surface area contributed by atoms with Crippen LogP contribution in [0.4, 0.5) is 5.13 Å². The Morgan fingerprint density at radius 3 is 2.71 bits per heavy atom. The Kier molecular flexibility index (Phi) is 3.45. The zero-order chi connectivity index (χ0) is 14.8. The molecule has 0 spiro atoms. The van der Waals surface area contributed by atoms with Gasteiger partial charge >= 0.3 is 0 Å². The molecule has 0 aliphatic rings. The monoisotopic (exact) mass is 297 g/mol. The normalized spacial score (nSPS) is 10.5. The molecule has 3 aromatic rings. The molecular formula is C15H11N3O2S. The van der Waals surface area contributed by atoms with Gasteiger partial charge in [0.05, 0.1) is 16.6 Å². The van der Waals surface area contributed by atoms with Gasteiger partial charge in [-0.25, -0.2) is 9.97 Å². The van der Waals surface area contributed by atoms with Crippen LogP contribution in [0.3, 0.4) is 0 Å². The number of carbonyl (C=O) groups is 2. The van der Waals surface area contributed by atoms with Gasteiger partial charge in [0.2, 0.25) is 0 Å². The van der Waals surface area contributed by atoms with Crippen LogP contribution in [0.1, 0.15) is 27.1 Å². The number of fused-ring (bicyclic) bond motifs is 1. The average Bonchev–Trinajstić information content (AvgIpc) is 2.95. The summed E-state index contributed by atoms with van der Waals surface area (Å²) in [7, 11) is 0. The molecule has 2 heterocycles. The van der Waals surface area contributed by atoms with E-state index in [1.165, 1.54) is 13.1 Å². The van der Waals surface area contributed by atoms with Gasteiger partial charge in [-0.05, 0) is 12.1 Å². The van der Waals surface area contributed by atoms with Crippen LogP contribution in [-0.2, 0) is 0 Å². The zero-order valence-corrected chi connectivity index (χ0v) is 12.0. The summed E-state index contributed by atoms with van der Waals surface area (Å²) in [6, 6.07) is 11.1. The molecule has 1 amide bonds. The van der Waals surface area contributed by atoms with Gasteiger partial charge in [0, 0.05) is 12.3 Å². The first-order chi connectivity index (χ1) is 10.1. The molecule has 0 atom stereocenters. The molecule has 104 valence electrons. The molecule has 0 saturated heterocycles. The van der Waals surface area contributed by atoms with E-state index in [9.17, 15) is 9.59 Å². The van der Waals surface area contributed by atoms with Gasteiger partial charge < -0.3 is 0 Å². The first kappa shape index (κ1) is 13.4. The van der Waals surface area contributed by atoms with Crippen molar-refractivity contribution in [1.82, 2.24) is 9.97 Å². The van der Waals surface area contributed by atoms with E-state index in [2.05, 4.69) is 15.3 Å². The number of carbonyl (C=O) groups excluding carboxylic acids is 2. The Hall–Kier alpha value is -2.60. The summed E-state index contributed by atoms with van der Waals surface area (Å²) >= 11 is 1.15. The van der Waals surface area contributed by atoms with E-state index in [4.69, 9.17) is 0 Å². The van der Waals surface area contributed by atoms with Crippen LogP contribution in [0.25, 0.3) is 10.9 Å². The second kappa shape index (κ2) is 5.41. The molecule has 6 heteroatoms. The Morgan fingerprint density at radius 2 is 1.95 bits per heavy atom. The van der Waals surface area contributed by atoms with E-state index in [0.29, 0.717) is 15.7 Å². The highest BCUT2D eigenvalue weighted by atomic mass is 32.1. The van der Waals surface area contributed by atoms with Crippen LogP contribution in [0.5, 0.6) is 0 Å². The number of Topliss-reactive ketones (excluding diaryl/α,β-unsaturated/α-hetero) is 1. The van der Waals surface area contributed by atoms with Gasteiger partial charge in [-0.1, -0.05) is 35.6 Å². The predicted molar refractivity (Wildman–Crippen MR) is 81.8 cm³/mol. The molecule has 21 heavy (non-hydrogen) atoms. The van der Waals surface area contributed by atoms with Crippen molar-refractivity contribution in [3.05, 3.63) is 53.2 Å². The molecular weight excluding hydrogens is 286 g/mol. The number of rotatable bonds is 3. The van der Waals surface area contributed by atoms with Crippen molar-refractivity contribution in [3.63, 3.8) is 0 Å². The number of hydrogen-bond acceptors (Lipinski definition) is 5. The minimum Gasteiger partial charge on any atom is -0.296 e. The van der Waals surface area contributed by atoms with Crippen molar-refractivity contribution in [2.75, 3.05) is 5.32 Å². The first-order valence-corrected chi connectivity index (χ1v) is 7.09. The summed E-state index contributed by atoms with van der Waals surface area (Å²) in [6.07, 6.45) is 1.45. The summed E-state index contributed by atoms with van der Waals surface area (Å²) in [6.45, 7) is 1.46. The number of para-hydroxylation sites is 1. The van der Waals surface area contributed by atoms with Gasteiger partial charge in [-0.3, -0.25) is 14.9 Å². The lowest BCUT2D eigenvalue weighted by molar-refractivity contribution is 0.101. The summed E-state index contributed by atoms with van der Waals surface area (Å²) in [5.74, 6) is -0.415. The van der Waals surface area contributed by atoms with E-state index in [1.54, 1.807) is 6.07 Å². The Bertz CT molecular complexity index is 842. The fraction of sp³-hybridized carbons (Fsp3) is 0.0667. The lowest BCUT2D eigenvalue weighted by atomic mass is 10.2. The molecule has 0 fully saturated rings. The zero-order valence-electron chi connectivity index (χ0n) is 11.2. The van der Waals surface area contributed by atoms with Gasteiger partial charge in [0.1, 0.15) is 5.69 Å². The SMILES string of the molecule is CC(=O)c1cnc(NC(=O)c2ccc3ccccc3n2)s1. The number of nitrogens with zero attached hydrogens (tertiary/aromatic N) is 2. The highest BCUT2D eigenvalue weighted by Gasteiger charge is 2.12. The predicted octanol–water partition coefficient (Wildman–Crippen LogP) is 3.15. The molecule has 2 aromatic heterocycles. The lowest BCUT2D eigenvalue weighted by Crippen LogP contribution is -2.13. The Labute approximate surface area is 124 Å². The number of thiazole rings is 1. The van der Waals surface area contributed by atoms with Crippen molar-refractivity contribution in [3.8, 4) is 0 Å². The summed E-state index contributed by atoms with van der Waals surface area (Å²) in [5, 5.41) is 4.02. The maximum atomic E-state index is 12.1. The minimum absolute atomic E-state index is 0.0724. The number of aromatic nitrogens is 2. The Balaban J connectivity index is 1.84. The number of pyridine rings is 1. The molecule has 1 N–H and O–H groups in total. The summed E-state index contributed by atoms with van der Waals surface area (Å²) < 4.78 is 0. The highest BCUT2D eigenvalue weighted by molar-refractivity contribution is 7.17. The third-order valence-corrected chi connectivity index (χ3v) is 3.92. The van der Waals surface area contributed by atoms with E-state index in [1.807, 2.05) is 30.3 Å². The number of amides is 1. The minimum atomic E-state index is -0.342. The van der Waals surface area contributed by atoms with Crippen LogP contribution >= 0.6 is 11.3 Å². The van der Waals surface area contributed by atoms with E-state index in [0.717, 1.165) is 22.2 Å². The molecule has 0 radical (unpaired) electrons.